The van der Waals surface area contributed by atoms with Gasteiger partial charge in [-0.2, -0.15) is 0 Å². The number of fused-ring (bicyclic) bond motifs is 1. The lowest BCUT2D eigenvalue weighted by Gasteiger charge is -2.09. The number of anilines is 1. The number of aryl methyl sites for hydroxylation is 1. The molecule has 9 heteroatoms. The zero-order valence-electron chi connectivity index (χ0n) is 13.2. The molecule has 1 aromatic carbocycles. The monoisotopic (exact) mass is 346 g/mol. The molecular formula is C16H12F2N4O3. The molecule has 0 radical (unpaired) electrons. The van der Waals surface area contributed by atoms with E-state index in [1.165, 1.54) is 26.2 Å². The van der Waals surface area contributed by atoms with E-state index in [1.54, 1.807) is 0 Å². The maximum atomic E-state index is 13.6. The first kappa shape index (κ1) is 16.5. The average molecular weight is 346 g/mol. The molecule has 0 fully saturated rings. The fraction of sp³-hybridized carbons (Fsp3) is 0.125. The molecule has 1 amide bonds. The molecule has 0 unspecified atom stereocenters. The van der Waals surface area contributed by atoms with Gasteiger partial charge in [0.15, 0.2) is 0 Å². The minimum absolute atomic E-state index is 0.0143. The lowest BCUT2D eigenvalue weighted by Crippen LogP contribution is -2.37. The van der Waals surface area contributed by atoms with E-state index < -0.39 is 28.8 Å². The first-order valence-corrected chi connectivity index (χ1v) is 7.13. The van der Waals surface area contributed by atoms with E-state index in [0.29, 0.717) is 0 Å². The summed E-state index contributed by atoms with van der Waals surface area (Å²) in [6, 6.07) is 5.25. The van der Waals surface area contributed by atoms with E-state index in [4.69, 9.17) is 0 Å². The fourth-order valence-corrected chi connectivity index (χ4v) is 2.36. The Bertz CT molecular complexity index is 1130. The van der Waals surface area contributed by atoms with E-state index >= 15 is 0 Å². The average Bonchev–Trinajstić information content (AvgIpc) is 2.60. The minimum Gasteiger partial charge on any atom is -0.318 e. The number of rotatable bonds is 2. The normalized spacial score (nSPS) is 10.9. The molecule has 0 aliphatic heterocycles. The molecule has 3 aromatic rings. The molecule has 1 N–H and O–H groups in total. The zero-order valence-corrected chi connectivity index (χ0v) is 13.2. The van der Waals surface area contributed by atoms with Crippen LogP contribution in [0.15, 0.2) is 39.9 Å². The van der Waals surface area contributed by atoms with Gasteiger partial charge in [-0.15, -0.1) is 0 Å². The first-order valence-electron chi connectivity index (χ1n) is 7.13. The maximum Gasteiger partial charge on any atom is 0.332 e. The van der Waals surface area contributed by atoms with Gasteiger partial charge < -0.3 is 5.32 Å². The summed E-state index contributed by atoms with van der Waals surface area (Å²) in [5, 5.41) is 2.36. The Hall–Kier alpha value is -3.36. The second kappa shape index (κ2) is 5.93. The Balaban J connectivity index is 2.07. The summed E-state index contributed by atoms with van der Waals surface area (Å²) in [5.41, 5.74) is -1.63. The number of nitrogens with one attached hydrogen (secondary N) is 1. The maximum absolute atomic E-state index is 13.6. The van der Waals surface area contributed by atoms with Crippen molar-refractivity contribution in [2.24, 2.45) is 14.1 Å². The number of hydrogen-bond acceptors (Lipinski definition) is 4. The molecule has 0 spiro atoms. The topological polar surface area (TPSA) is 86.0 Å². The Morgan fingerprint density at radius 2 is 1.80 bits per heavy atom. The highest BCUT2D eigenvalue weighted by molar-refractivity contribution is 6.03. The number of aromatic nitrogens is 3. The van der Waals surface area contributed by atoms with Gasteiger partial charge in [0, 0.05) is 20.2 Å². The summed E-state index contributed by atoms with van der Waals surface area (Å²) in [5.74, 6) is -2.33. The van der Waals surface area contributed by atoms with Gasteiger partial charge in [0.1, 0.15) is 23.0 Å². The molecule has 0 saturated heterocycles. The number of carbonyl (C=O) groups excluding carboxylic acids is 1. The highest BCUT2D eigenvalue weighted by Gasteiger charge is 2.15. The highest BCUT2D eigenvalue weighted by Crippen LogP contribution is 2.16. The first-order chi connectivity index (χ1) is 11.8. The van der Waals surface area contributed by atoms with Crippen LogP contribution in [-0.2, 0) is 14.1 Å². The summed E-state index contributed by atoms with van der Waals surface area (Å²) in [6.45, 7) is 0. The third-order valence-electron chi connectivity index (χ3n) is 3.71. The van der Waals surface area contributed by atoms with Crippen molar-refractivity contribution in [3.05, 3.63) is 68.5 Å². The van der Waals surface area contributed by atoms with Gasteiger partial charge in [-0.05, 0) is 24.3 Å². The van der Waals surface area contributed by atoms with Gasteiger partial charge in [0.25, 0.3) is 11.5 Å². The molecule has 0 atom stereocenters. The minimum atomic E-state index is -0.809. The van der Waals surface area contributed by atoms with Crippen LogP contribution in [-0.4, -0.2) is 20.0 Å². The van der Waals surface area contributed by atoms with Crippen molar-refractivity contribution in [3.63, 3.8) is 0 Å². The van der Waals surface area contributed by atoms with Crippen LogP contribution in [0.1, 0.15) is 10.5 Å². The van der Waals surface area contributed by atoms with Crippen molar-refractivity contribution in [1.82, 2.24) is 14.1 Å². The van der Waals surface area contributed by atoms with E-state index in [0.717, 1.165) is 27.3 Å². The number of carbonyl (C=O) groups is 1. The van der Waals surface area contributed by atoms with Crippen molar-refractivity contribution in [3.8, 4) is 0 Å². The van der Waals surface area contributed by atoms with Crippen molar-refractivity contribution >= 4 is 22.6 Å². The van der Waals surface area contributed by atoms with E-state index in [-0.39, 0.29) is 22.4 Å². The molecule has 0 aliphatic carbocycles. The molecule has 2 aromatic heterocycles. The van der Waals surface area contributed by atoms with Crippen LogP contribution in [0.3, 0.4) is 0 Å². The smallest absolute Gasteiger partial charge is 0.318 e. The van der Waals surface area contributed by atoms with E-state index in [2.05, 4.69) is 10.3 Å². The third kappa shape index (κ3) is 2.80. The van der Waals surface area contributed by atoms with Gasteiger partial charge in [-0.1, -0.05) is 0 Å². The van der Waals surface area contributed by atoms with E-state index in [9.17, 15) is 23.2 Å². The zero-order chi connectivity index (χ0) is 18.3. The fourth-order valence-electron chi connectivity index (χ4n) is 2.36. The summed E-state index contributed by atoms with van der Waals surface area (Å²) in [4.78, 5) is 40.3. The van der Waals surface area contributed by atoms with Gasteiger partial charge in [0.05, 0.1) is 11.1 Å². The molecule has 0 bridgehead atoms. The molecule has 0 aliphatic rings. The van der Waals surface area contributed by atoms with Crippen LogP contribution in [0, 0.1) is 11.6 Å². The van der Waals surface area contributed by atoms with Crippen molar-refractivity contribution in [1.29, 1.82) is 0 Å². The van der Waals surface area contributed by atoms with Crippen LogP contribution >= 0.6 is 0 Å². The second-order valence-corrected chi connectivity index (χ2v) is 5.35. The molecule has 128 valence electrons. The highest BCUT2D eigenvalue weighted by atomic mass is 19.1. The second-order valence-electron chi connectivity index (χ2n) is 5.35. The van der Waals surface area contributed by atoms with Gasteiger partial charge in [0.2, 0.25) is 0 Å². The number of amides is 1. The van der Waals surface area contributed by atoms with Crippen molar-refractivity contribution < 1.29 is 13.6 Å². The molecular weight excluding hydrogens is 334 g/mol. The van der Waals surface area contributed by atoms with Crippen LogP contribution in [0.2, 0.25) is 0 Å². The van der Waals surface area contributed by atoms with Gasteiger partial charge in [-0.25, -0.2) is 18.6 Å². The number of halogens is 2. The Morgan fingerprint density at radius 3 is 2.52 bits per heavy atom. The SMILES string of the molecule is Cn1c(=O)c2ccc(C(=O)Nc3cc(F)ccc3F)nc2n(C)c1=O. The summed E-state index contributed by atoms with van der Waals surface area (Å²) >= 11 is 0. The van der Waals surface area contributed by atoms with E-state index in [1.807, 2.05) is 0 Å². The van der Waals surface area contributed by atoms with Crippen molar-refractivity contribution in [2.45, 2.75) is 0 Å². The van der Waals surface area contributed by atoms with Crippen LogP contribution in [0.4, 0.5) is 14.5 Å². The molecule has 3 rings (SSSR count). The summed E-state index contributed by atoms with van der Waals surface area (Å²) < 4.78 is 28.8. The number of nitrogens with zero attached hydrogens (tertiary/aromatic N) is 3. The standard InChI is InChI=1S/C16H12F2N4O3/c1-21-13-9(15(24)22(2)16(21)25)4-6-11(19-13)14(23)20-12-7-8(17)3-5-10(12)18/h3-7H,1-2H3,(H,20,23). The Kier molecular flexibility index (Phi) is 3.91. The molecule has 7 nitrogen and oxygen atoms in total. The summed E-state index contributed by atoms with van der Waals surface area (Å²) in [6.07, 6.45) is 0. The van der Waals surface area contributed by atoms with Gasteiger partial charge >= 0.3 is 5.69 Å². The van der Waals surface area contributed by atoms with Gasteiger partial charge in [-0.3, -0.25) is 18.7 Å². The Labute approximate surface area is 139 Å². The lowest BCUT2D eigenvalue weighted by atomic mass is 10.2. The predicted octanol–water partition coefficient (Wildman–Crippen LogP) is 1.16. The summed E-state index contributed by atoms with van der Waals surface area (Å²) in [7, 11) is 2.74. The van der Waals surface area contributed by atoms with Crippen LogP contribution in [0.5, 0.6) is 0 Å². The predicted molar refractivity (Wildman–Crippen MR) is 86.5 cm³/mol. The van der Waals surface area contributed by atoms with Crippen LogP contribution in [0.25, 0.3) is 11.0 Å². The lowest BCUT2D eigenvalue weighted by molar-refractivity contribution is 0.102. The largest absolute Gasteiger partial charge is 0.332 e. The molecule has 2 heterocycles. The quantitative estimate of drug-likeness (QED) is 0.755. The number of hydrogen-bond donors (Lipinski definition) is 1. The number of pyridine rings is 1. The number of benzene rings is 1. The molecule has 0 saturated carbocycles. The molecule has 25 heavy (non-hydrogen) atoms. The Morgan fingerprint density at radius 1 is 1.08 bits per heavy atom. The third-order valence-corrected chi connectivity index (χ3v) is 3.71. The van der Waals surface area contributed by atoms with Crippen molar-refractivity contribution in [2.75, 3.05) is 5.32 Å². The van der Waals surface area contributed by atoms with Crippen LogP contribution < -0.4 is 16.6 Å².